The maximum Gasteiger partial charge on any atom is 0.280 e. The van der Waals surface area contributed by atoms with Crippen LogP contribution >= 0.6 is 0 Å². The number of fused-ring (bicyclic) bond motifs is 1. The molecule has 114 valence electrons. The van der Waals surface area contributed by atoms with E-state index < -0.39 is 22.6 Å². The van der Waals surface area contributed by atoms with Crippen LogP contribution in [0.2, 0.25) is 0 Å². The van der Waals surface area contributed by atoms with Gasteiger partial charge < -0.3 is 0 Å². The maximum atomic E-state index is 12.2. The summed E-state index contributed by atoms with van der Waals surface area (Å²) < 4.78 is 0. The third kappa shape index (κ3) is 2.39. The molecule has 0 bridgehead atoms. The van der Waals surface area contributed by atoms with Gasteiger partial charge in [-0.05, 0) is 18.2 Å². The number of rotatable bonds is 3. The lowest BCUT2D eigenvalue weighted by atomic mass is 10.1. The van der Waals surface area contributed by atoms with Crippen LogP contribution in [0.1, 0.15) is 31.1 Å². The van der Waals surface area contributed by atoms with Crippen LogP contribution in [0.3, 0.4) is 0 Å². The molecule has 23 heavy (non-hydrogen) atoms. The number of carbonyl (C=O) groups excluding carboxylic acids is 3. The minimum Gasteiger partial charge on any atom is -0.267 e. The van der Waals surface area contributed by atoms with E-state index in [0.29, 0.717) is 5.01 Å². The number of amides is 3. The molecule has 0 saturated carbocycles. The van der Waals surface area contributed by atoms with Crippen molar-refractivity contribution in [3.63, 3.8) is 0 Å². The summed E-state index contributed by atoms with van der Waals surface area (Å²) in [7, 11) is 0. The van der Waals surface area contributed by atoms with Gasteiger partial charge in [-0.1, -0.05) is 0 Å². The van der Waals surface area contributed by atoms with Crippen molar-refractivity contribution in [1.82, 2.24) is 15.4 Å². The molecular weight excluding hydrogens is 304 g/mol. The molecule has 3 rings (SSSR count). The van der Waals surface area contributed by atoms with Crippen molar-refractivity contribution in [1.29, 1.82) is 0 Å². The van der Waals surface area contributed by atoms with Gasteiger partial charge in [0.1, 0.15) is 0 Å². The lowest BCUT2D eigenvalue weighted by Gasteiger charge is -2.14. The van der Waals surface area contributed by atoms with Crippen LogP contribution in [0.25, 0.3) is 0 Å². The second kappa shape index (κ2) is 5.30. The smallest absolute Gasteiger partial charge is 0.267 e. The van der Waals surface area contributed by atoms with E-state index in [1.54, 1.807) is 0 Å². The topological polar surface area (TPSA) is 123 Å². The van der Waals surface area contributed by atoms with Crippen LogP contribution in [0.4, 0.5) is 5.69 Å². The highest BCUT2D eigenvalue weighted by Crippen LogP contribution is 2.25. The molecule has 0 radical (unpaired) electrons. The molecule has 0 aliphatic carbocycles. The van der Waals surface area contributed by atoms with E-state index in [2.05, 4.69) is 10.4 Å². The Labute approximate surface area is 128 Å². The van der Waals surface area contributed by atoms with Crippen molar-refractivity contribution in [2.75, 3.05) is 0 Å². The van der Waals surface area contributed by atoms with E-state index in [4.69, 9.17) is 0 Å². The van der Waals surface area contributed by atoms with E-state index in [9.17, 15) is 24.5 Å². The fraction of sp³-hybridized carbons (Fsp3) is 0. The highest BCUT2D eigenvalue weighted by molar-refractivity contribution is 6.22. The second-order valence-corrected chi connectivity index (χ2v) is 4.62. The van der Waals surface area contributed by atoms with Gasteiger partial charge in [-0.2, -0.15) is 5.01 Å². The Hall–Kier alpha value is -3.62. The second-order valence-electron chi connectivity index (χ2n) is 4.62. The molecule has 1 N–H and O–H groups in total. The van der Waals surface area contributed by atoms with Gasteiger partial charge >= 0.3 is 0 Å². The van der Waals surface area contributed by atoms with Gasteiger partial charge in [0.25, 0.3) is 23.4 Å². The van der Waals surface area contributed by atoms with Gasteiger partial charge in [-0.15, -0.1) is 0 Å². The van der Waals surface area contributed by atoms with Crippen molar-refractivity contribution in [2.45, 2.75) is 0 Å². The number of nitrogens with one attached hydrogen (secondary N) is 1. The molecule has 1 aliphatic heterocycles. The molecule has 3 amide bonds. The molecular formula is C14H8N4O5. The summed E-state index contributed by atoms with van der Waals surface area (Å²) >= 11 is 0. The first kappa shape index (κ1) is 14.3. The summed E-state index contributed by atoms with van der Waals surface area (Å²) in [6.45, 7) is 0. The van der Waals surface area contributed by atoms with Crippen LogP contribution in [-0.2, 0) is 0 Å². The molecule has 9 heteroatoms. The van der Waals surface area contributed by atoms with Crippen LogP contribution in [0, 0.1) is 10.1 Å². The normalized spacial score (nSPS) is 13.0. The van der Waals surface area contributed by atoms with Crippen LogP contribution in [-0.4, -0.2) is 32.6 Å². The number of hydrogen-bond donors (Lipinski definition) is 1. The number of benzene rings is 1. The van der Waals surface area contributed by atoms with E-state index >= 15 is 0 Å². The van der Waals surface area contributed by atoms with Crippen molar-refractivity contribution >= 4 is 23.4 Å². The molecule has 0 fully saturated rings. The molecule has 1 aromatic heterocycles. The van der Waals surface area contributed by atoms with Crippen molar-refractivity contribution < 1.29 is 19.3 Å². The van der Waals surface area contributed by atoms with E-state index in [1.807, 2.05) is 0 Å². The number of nitrogens with zero attached hydrogens (tertiary/aromatic N) is 3. The number of nitro groups is 1. The van der Waals surface area contributed by atoms with Gasteiger partial charge in [0.2, 0.25) is 0 Å². The highest BCUT2D eigenvalue weighted by Gasteiger charge is 2.38. The first-order valence-corrected chi connectivity index (χ1v) is 6.37. The Balaban J connectivity index is 1.88. The lowest BCUT2D eigenvalue weighted by Crippen LogP contribution is -2.45. The van der Waals surface area contributed by atoms with Gasteiger partial charge in [0, 0.05) is 24.5 Å². The van der Waals surface area contributed by atoms with E-state index in [1.165, 1.54) is 30.6 Å². The summed E-state index contributed by atoms with van der Waals surface area (Å²) in [5, 5.41) is 11.3. The minimum absolute atomic E-state index is 0.00733. The average Bonchev–Trinajstić information content (AvgIpc) is 2.80. The summed E-state index contributed by atoms with van der Waals surface area (Å²) in [6, 6.07) is 6.30. The van der Waals surface area contributed by atoms with E-state index in [0.717, 1.165) is 12.1 Å². The van der Waals surface area contributed by atoms with Gasteiger partial charge in [-0.25, -0.2) is 0 Å². The number of aromatic nitrogens is 1. The maximum absolute atomic E-state index is 12.2. The Morgan fingerprint density at radius 2 is 1.91 bits per heavy atom. The third-order valence-corrected chi connectivity index (χ3v) is 3.22. The third-order valence-electron chi connectivity index (χ3n) is 3.22. The Morgan fingerprint density at radius 1 is 1.17 bits per heavy atom. The first-order chi connectivity index (χ1) is 11.0. The molecule has 2 heterocycles. The molecule has 0 saturated heterocycles. The molecule has 2 aromatic rings. The molecule has 1 aromatic carbocycles. The number of nitro benzene ring substituents is 1. The zero-order valence-electron chi connectivity index (χ0n) is 11.4. The molecule has 9 nitrogen and oxygen atoms in total. The summed E-state index contributed by atoms with van der Waals surface area (Å²) in [5.74, 6) is -2.27. The van der Waals surface area contributed by atoms with Gasteiger partial charge in [0.05, 0.1) is 21.6 Å². The first-order valence-electron chi connectivity index (χ1n) is 6.37. The molecule has 0 spiro atoms. The van der Waals surface area contributed by atoms with E-state index in [-0.39, 0.29) is 22.4 Å². The molecule has 0 atom stereocenters. The lowest BCUT2D eigenvalue weighted by molar-refractivity contribution is -0.384. The number of hydrogen-bond acceptors (Lipinski definition) is 6. The number of hydrazine groups is 1. The van der Waals surface area contributed by atoms with Gasteiger partial charge in [-0.3, -0.25) is 34.9 Å². The monoisotopic (exact) mass is 312 g/mol. The molecule has 0 unspecified atom stereocenters. The zero-order chi connectivity index (χ0) is 16.6. The quantitative estimate of drug-likeness (QED) is 0.511. The summed E-state index contributed by atoms with van der Waals surface area (Å²) in [6.07, 6.45) is 2.75. The number of non-ortho nitro benzene ring substituents is 1. The molecule has 1 aliphatic rings. The number of pyridine rings is 1. The summed E-state index contributed by atoms with van der Waals surface area (Å²) in [5.41, 5.74) is 1.89. The Bertz CT molecular complexity index is 850. The zero-order valence-corrected chi connectivity index (χ0v) is 11.4. The predicted octanol–water partition coefficient (Wildman–Crippen LogP) is 0.931. The SMILES string of the molecule is O=C(NN1C(=O)c2ccc([N+](=O)[O-])cc2C1=O)c1cccnc1. The summed E-state index contributed by atoms with van der Waals surface area (Å²) in [4.78, 5) is 50.2. The predicted molar refractivity (Wildman–Crippen MR) is 75.3 cm³/mol. The van der Waals surface area contributed by atoms with Crippen molar-refractivity contribution in [3.8, 4) is 0 Å². The van der Waals surface area contributed by atoms with Gasteiger partial charge in [0.15, 0.2) is 0 Å². The largest absolute Gasteiger partial charge is 0.280 e. The fourth-order valence-electron chi connectivity index (χ4n) is 2.11. The highest BCUT2D eigenvalue weighted by atomic mass is 16.6. The standard InChI is InChI=1S/C14H8N4O5/c19-12(8-2-1-5-15-7-8)16-17-13(20)10-4-3-9(18(22)23)6-11(10)14(17)21/h1-7H,(H,16,19). The average molecular weight is 312 g/mol. The number of imide groups is 1. The van der Waals surface area contributed by atoms with Crippen LogP contribution in [0.15, 0.2) is 42.7 Å². The van der Waals surface area contributed by atoms with Crippen LogP contribution < -0.4 is 5.43 Å². The van der Waals surface area contributed by atoms with Crippen molar-refractivity contribution in [2.24, 2.45) is 0 Å². The van der Waals surface area contributed by atoms with Crippen LogP contribution in [0.5, 0.6) is 0 Å². The minimum atomic E-state index is -0.828. The Kier molecular flexibility index (Phi) is 3.30. The van der Waals surface area contributed by atoms with Crippen molar-refractivity contribution in [3.05, 3.63) is 69.5 Å². The fourth-order valence-corrected chi connectivity index (χ4v) is 2.11. The Morgan fingerprint density at radius 3 is 2.57 bits per heavy atom. The number of carbonyl (C=O) groups is 3.